The van der Waals surface area contributed by atoms with E-state index < -0.39 is 0 Å². The molecule has 3 nitrogen and oxygen atoms in total. The molecule has 2 N–H and O–H groups in total. The molecule has 1 aromatic carbocycles. The van der Waals surface area contributed by atoms with Crippen LogP contribution in [0.1, 0.15) is 22.3 Å². The Labute approximate surface area is 113 Å². The van der Waals surface area contributed by atoms with Crippen molar-refractivity contribution >= 4 is 18.3 Å². The van der Waals surface area contributed by atoms with Gasteiger partial charge in [0.2, 0.25) is 0 Å². The molecule has 1 aliphatic heterocycles. The highest BCUT2D eigenvalue weighted by molar-refractivity contribution is 5.95. The van der Waals surface area contributed by atoms with Crippen molar-refractivity contribution in [1.29, 1.82) is 0 Å². The quantitative estimate of drug-likeness (QED) is 0.895. The van der Waals surface area contributed by atoms with E-state index in [9.17, 15) is 9.18 Å². The molecule has 1 amide bonds. The first-order valence-electron chi connectivity index (χ1n) is 5.87. The molecule has 5 heteroatoms. The van der Waals surface area contributed by atoms with Crippen molar-refractivity contribution in [3.63, 3.8) is 0 Å². The Kier molecular flexibility index (Phi) is 5.11. The Morgan fingerprint density at radius 2 is 2.28 bits per heavy atom. The Bertz CT molecular complexity index is 439. The molecular weight excluding hydrogens is 255 g/mol. The van der Waals surface area contributed by atoms with Crippen LogP contribution in [0.4, 0.5) is 4.39 Å². The number of carbonyl (C=O) groups is 1. The van der Waals surface area contributed by atoms with Crippen molar-refractivity contribution in [1.82, 2.24) is 4.90 Å². The molecule has 1 heterocycles. The average Bonchev–Trinajstić information content (AvgIpc) is 2.80. The Morgan fingerprint density at radius 3 is 2.89 bits per heavy atom. The third-order valence-electron chi connectivity index (χ3n) is 3.34. The molecule has 1 unspecified atom stereocenters. The largest absolute Gasteiger partial charge is 0.338 e. The number of amides is 1. The molecule has 0 aliphatic carbocycles. The second-order valence-corrected chi connectivity index (χ2v) is 4.60. The van der Waals surface area contributed by atoms with E-state index in [0.717, 1.165) is 18.5 Å². The van der Waals surface area contributed by atoms with Gasteiger partial charge >= 0.3 is 0 Å². The van der Waals surface area contributed by atoms with Crippen molar-refractivity contribution in [2.75, 3.05) is 19.6 Å². The lowest BCUT2D eigenvalue weighted by molar-refractivity contribution is 0.0786. The molecule has 100 valence electrons. The summed E-state index contributed by atoms with van der Waals surface area (Å²) in [5.74, 6) is -0.0701. The fourth-order valence-electron chi connectivity index (χ4n) is 2.20. The van der Waals surface area contributed by atoms with Gasteiger partial charge in [-0.2, -0.15) is 0 Å². The van der Waals surface area contributed by atoms with Gasteiger partial charge in [0.25, 0.3) is 5.91 Å². The topological polar surface area (TPSA) is 46.3 Å². The minimum absolute atomic E-state index is 0. The zero-order chi connectivity index (χ0) is 12.4. The molecule has 1 aromatic rings. The number of rotatable bonds is 2. The molecule has 0 saturated carbocycles. The van der Waals surface area contributed by atoms with Crippen LogP contribution >= 0.6 is 12.4 Å². The zero-order valence-electron chi connectivity index (χ0n) is 10.4. The second-order valence-electron chi connectivity index (χ2n) is 4.60. The predicted molar refractivity (Wildman–Crippen MR) is 71.4 cm³/mol. The van der Waals surface area contributed by atoms with Crippen LogP contribution in [0.3, 0.4) is 0 Å². The lowest BCUT2D eigenvalue weighted by atomic mass is 10.1. The van der Waals surface area contributed by atoms with E-state index >= 15 is 0 Å². The van der Waals surface area contributed by atoms with Crippen LogP contribution < -0.4 is 5.73 Å². The molecule has 18 heavy (non-hydrogen) atoms. The van der Waals surface area contributed by atoms with Gasteiger partial charge < -0.3 is 10.6 Å². The molecule has 0 spiro atoms. The third kappa shape index (κ3) is 3.00. The monoisotopic (exact) mass is 272 g/mol. The van der Waals surface area contributed by atoms with Gasteiger partial charge in [0.15, 0.2) is 0 Å². The molecular formula is C13H18ClFN2O. The fourth-order valence-corrected chi connectivity index (χ4v) is 2.20. The highest BCUT2D eigenvalue weighted by Crippen LogP contribution is 2.20. The number of aryl methyl sites for hydroxylation is 1. The van der Waals surface area contributed by atoms with E-state index in [0.29, 0.717) is 24.6 Å². The first-order chi connectivity index (χ1) is 8.11. The summed E-state index contributed by atoms with van der Waals surface area (Å²) >= 11 is 0. The summed E-state index contributed by atoms with van der Waals surface area (Å²) < 4.78 is 13.1. The molecule has 1 fully saturated rings. The third-order valence-corrected chi connectivity index (χ3v) is 3.34. The van der Waals surface area contributed by atoms with Crippen LogP contribution in [0, 0.1) is 18.7 Å². The van der Waals surface area contributed by atoms with Crippen LogP contribution in [-0.2, 0) is 0 Å². The van der Waals surface area contributed by atoms with E-state index in [4.69, 9.17) is 5.73 Å². The number of benzene rings is 1. The van der Waals surface area contributed by atoms with E-state index in [1.54, 1.807) is 11.0 Å². The summed E-state index contributed by atoms with van der Waals surface area (Å²) in [4.78, 5) is 14.0. The maximum absolute atomic E-state index is 13.1. The molecule has 1 saturated heterocycles. The summed E-state index contributed by atoms with van der Waals surface area (Å²) in [7, 11) is 0. The van der Waals surface area contributed by atoms with Crippen molar-refractivity contribution in [3.05, 3.63) is 35.1 Å². The maximum Gasteiger partial charge on any atom is 0.254 e. The summed E-state index contributed by atoms with van der Waals surface area (Å²) in [6, 6.07) is 4.32. The van der Waals surface area contributed by atoms with Crippen molar-refractivity contribution in [2.45, 2.75) is 13.3 Å². The number of hydrogen-bond donors (Lipinski definition) is 1. The maximum atomic E-state index is 13.1. The minimum atomic E-state index is -0.367. The van der Waals surface area contributed by atoms with Crippen molar-refractivity contribution in [3.8, 4) is 0 Å². The summed E-state index contributed by atoms with van der Waals surface area (Å²) in [5.41, 5.74) is 6.86. The van der Waals surface area contributed by atoms with Gasteiger partial charge in [0.05, 0.1) is 0 Å². The highest BCUT2D eigenvalue weighted by Gasteiger charge is 2.26. The summed E-state index contributed by atoms with van der Waals surface area (Å²) in [6.45, 7) is 3.83. The molecule has 0 bridgehead atoms. The number of likely N-dealkylation sites (tertiary alicyclic amines) is 1. The molecule has 2 rings (SSSR count). The van der Waals surface area contributed by atoms with E-state index in [1.807, 2.05) is 6.92 Å². The second kappa shape index (κ2) is 6.16. The van der Waals surface area contributed by atoms with E-state index in [1.165, 1.54) is 12.1 Å². The standard InChI is InChI=1S/C13H17FN2O.ClH/c1-9-2-3-11(14)6-12(9)13(17)16-5-4-10(7-15)8-16;/h2-3,6,10H,4-5,7-8,15H2,1H3;1H. The average molecular weight is 273 g/mol. The van der Waals surface area contributed by atoms with Crippen LogP contribution in [0.2, 0.25) is 0 Å². The van der Waals surface area contributed by atoms with Gasteiger partial charge in [-0.25, -0.2) is 4.39 Å². The smallest absolute Gasteiger partial charge is 0.254 e. The van der Waals surface area contributed by atoms with Gasteiger partial charge in [0, 0.05) is 18.7 Å². The number of nitrogens with two attached hydrogens (primary N) is 1. The molecule has 1 aliphatic rings. The van der Waals surface area contributed by atoms with Gasteiger partial charge in [-0.1, -0.05) is 6.07 Å². The predicted octanol–water partition coefficient (Wildman–Crippen LogP) is 1.98. The van der Waals surface area contributed by atoms with Crippen LogP contribution in [-0.4, -0.2) is 30.4 Å². The van der Waals surface area contributed by atoms with Crippen LogP contribution in [0.25, 0.3) is 0 Å². The first-order valence-corrected chi connectivity index (χ1v) is 5.87. The van der Waals surface area contributed by atoms with Crippen LogP contribution in [0.5, 0.6) is 0 Å². The SMILES string of the molecule is Cc1ccc(F)cc1C(=O)N1CCC(CN)C1.Cl. The van der Waals surface area contributed by atoms with Crippen LogP contribution in [0.15, 0.2) is 18.2 Å². The summed E-state index contributed by atoms with van der Waals surface area (Å²) in [5, 5.41) is 0. The lowest BCUT2D eigenvalue weighted by Gasteiger charge is -2.17. The number of carbonyl (C=O) groups excluding carboxylic acids is 1. The van der Waals surface area contributed by atoms with Crippen molar-refractivity contribution in [2.24, 2.45) is 11.7 Å². The first kappa shape index (κ1) is 14.9. The van der Waals surface area contributed by atoms with E-state index in [2.05, 4.69) is 0 Å². The number of halogens is 2. The number of nitrogens with zero attached hydrogens (tertiary/aromatic N) is 1. The fraction of sp³-hybridized carbons (Fsp3) is 0.462. The van der Waals surface area contributed by atoms with Gasteiger partial charge in [-0.3, -0.25) is 4.79 Å². The Balaban J connectivity index is 0.00000162. The van der Waals surface area contributed by atoms with Gasteiger partial charge in [-0.15, -0.1) is 12.4 Å². The van der Waals surface area contributed by atoms with Gasteiger partial charge in [0.1, 0.15) is 5.82 Å². The summed E-state index contributed by atoms with van der Waals surface area (Å²) in [6.07, 6.45) is 0.941. The van der Waals surface area contributed by atoms with Crippen molar-refractivity contribution < 1.29 is 9.18 Å². The Hall–Kier alpha value is -1.13. The highest BCUT2D eigenvalue weighted by atomic mass is 35.5. The normalized spacial score (nSPS) is 18.6. The number of hydrogen-bond acceptors (Lipinski definition) is 2. The molecule has 1 atom stereocenters. The zero-order valence-corrected chi connectivity index (χ0v) is 11.2. The Morgan fingerprint density at radius 1 is 1.56 bits per heavy atom. The van der Waals surface area contributed by atoms with E-state index in [-0.39, 0.29) is 24.1 Å². The molecule has 0 aromatic heterocycles. The lowest BCUT2D eigenvalue weighted by Crippen LogP contribution is -2.30. The molecule has 0 radical (unpaired) electrons. The minimum Gasteiger partial charge on any atom is -0.338 e. The van der Waals surface area contributed by atoms with Gasteiger partial charge in [-0.05, 0) is 43.5 Å².